The van der Waals surface area contributed by atoms with Crippen molar-refractivity contribution in [1.29, 1.82) is 0 Å². The number of rotatable bonds is 9. The van der Waals surface area contributed by atoms with E-state index in [9.17, 15) is 9.59 Å². The van der Waals surface area contributed by atoms with Crippen LogP contribution in [-0.2, 0) is 19.1 Å². The molecule has 0 spiro atoms. The Bertz CT molecular complexity index is 273. The van der Waals surface area contributed by atoms with Gasteiger partial charge in [-0.3, -0.25) is 9.59 Å². The highest BCUT2D eigenvalue weighted by Gasteiger charge is 2.38. The molecule has 20 heavy (non-hydrogen) atoms. The second-order valence-corrected chi connectivity index (χ2v) is 5.56. The van der Waals surface area contributed by atoms with Crippen LogP contribution in [-0.4, -0.2) is 25.2 Å². The van der Waals surface area contributed by atoms with E-state index in [-0.39, 0.29) is 17.9 Å². The van der Waals surface area contributed by atoms with Crippen molar-refractivity contribution in [3.8, 4) is 0 Å². The number of hydrogen-bond acceptors (Lipinski definition) is 4. The van der Waals surface area contributed by atoms with Gasteiger partial charge in [-0.25, -0.2) is 0 Å². The van der Waals surface area contributed by atoms with Gasteiger partial charge in [0.05, 0.1) is 13.2 Å². The number of esters is 2. The van der Waals surface area contributed by atoms with Gasteiger partial charge in [0.1, 0.15) is 0 Å². The van der Waals surface area contributed by atoms with Crippen LogP contribution in [0.25, 0.3) is 0 Å². The van der Waals surface area contributed by atoms with Gasteiger partial charge < -0.3 is 9.47 Å². The second-order valence-electron chi connectivity index (χ2n) is 5.56. The Kier molecular flexibility index (Phi) is 8.31. The first-order chi connectivity index (χ1) is 9.70. The molecule has 0 heterocycles. The van der Waals surface area contributed by atoms with Crippen molar-refractivity contribution in [3.05, 3.63) is 0 Å². The number of carbonyl (C=O) groups excluding carboxylic acids is 2. The standard InChI is InChI=1S/C16H28O4/c1-3-5-11-19-15(17)14(13-9-7-8-10-13)16(18)20-12-6-4-2/h13-14H,3-12H2,1-2H3. The van der Waals surface area contributed by atoms with Crippen LogP contribution in [0.4, 0.5) is 0 Å². The van der Waals surface area contributed by atoms with Gasteiger partial charge in [-0.15, -0.1) is 0 Å². The zero-order valence-corrected chi connectivity index (χ0v) is 12.9. The van der Waals surface area contributed by atoms with Gasteiger partial charge in [-0.05, 0) is 31.6 Å². The van der Waals surface area contributed by atoms with E-state index in [1.165, 1.54) is 0 Å². The topological polar surface area (TPSA) is 52.6 Å². The highest BCUT2D eigenvalue weighted by Crippen LogP contribution is 2.33. The lowest BCUT2D eigenvalue weighted by molar-refractivity contribution is -0.165. The molecule has 0 aromatic heterocycles. The second kappa shape index (κ2) is 9.78. The summed E-state index contributed by atoms with van der Waals surface area (Å²) in [5.74, 6) is -1.36. The number of ether oxygens (including phenoxy) is 2. The fourth-order valence-corrected chi connectivity index (χ4v) is 2.59. The average molecular weight is 284 g/mol. The van der Waals surface area contributed by atoms with E-state index < -0.39 is 5.92 Å². The molecule has 1 aliphatic carbocycles. The summed E-state index contributed by atoms with van der Waals surface area (Å²) < 4.78 is 10.5. The Morgan fingerprint density at radius 3 is 1.80 bits per heavy atom. The van der Waals surface area contributed by atoms with E-state index in [1.54, 1.807) is 0 Å². The maximum atomic E-state index is 12.2. The van der Waals surface area contributed by atoms with Crippen molar-refractivity contribution in [2.24, 2.45) is 11.8 Å². The number of hydrogen-bond donors (Lipinski definition) is 0. The van der Waals surface area contributed by atoms with Crippen LogP contribution in [0.3, 0.4) is 0 Å². The van der Waals surface area contributed by atoms with Crippen molar-refractivity contribution in [2.75, 3.05) is 13.2 Å². The van der Waals surface area contributed by atoms with Crippen LogP contribution >= 0.6 is 0 Å². The molecule has 0 aromatic rings. The molecule has 0 atom stereocenters. The van der Waals surface area contributed by atoms with Crippen molar-refractivity contribution in [1.82, 2.24) is 0 Å². The summed E-state index contributed by atoms with van der Waals surface area (Å²) in [4.78, 5) is 24.3. The first-order valence-corrected chi connectivity index (χ1v) is 8.04. The zero-order chi connectivity index (χ0) is 14.8. The van der Waals surface area contributed by atoms with Crippen LogP contribution in [0.5, 0.6) is 0 Å². The third kappa shape index (κ3) is 5.51. The van der Waals surface area contributed by atoms with E-state index >= 15 is 0 Å². The van der Waals surface area contributed by atoms with Gasteiger partial charge in [0.2, 0.25) is 0 Å². The highest BCUT2D eigenvalue weighted by molar-refractivity contribution is 5.95. The molecular weight excluding hydrogens is 256 g/mol. The van der Waals surface area contributed by atoms with Crippen LogP contribution in [0.2, 0.25) is 0 Å². The molecule has 0 amide bonds. The lowest BCUT2D eigenvalue weighted by atomic mass is 9.91. The monoisotopic (exact) mass is 284 g/mol. The minimum atomic E-state index is -0.703. The molecule has 0 saturated heterocycles. The summed E-state index contributed by atoms with van der Waals surface area (Å²) in [5, 5.41) is 0. The first kappa shape index (κ1) is 17.0. The SMILES string of the molecule is CCCCOC(=O)C(C(=O)OCCCC)C1CCCC1. The van der Waals surface area contributed by atoms with Gasteiger partial charge in [-0.1, -0.05) is 39.5 Å². The Morgan fingerprint density at radius 2 is 1.40 bits per heavy atom. The minimum absolute atomic E-state index is 0.109. The molecule has 1 rings (SSSR count). The molecule has 1 saturated carbocycles. The summed E-state index contributed by atoms with van der Waals surface area (Å²) in [5.41, 5.74) is 0. The van der Waals surface area contributed by atoms with Crippen LogP contribution in [0.1, 0.15) is 65.2 Å². The summed E-state index contributed by atoms with van der Waals surface area (Å²) in [7, 11) is 0. The Labute approximate surface area is 122 Å². The smallest absolute Gasteiger partial charge is 0.320 e. The van der Waals surface area contributed by atoms with E-state index in [2.05, 4.69) is 0 Å². The van der Waals surface area contributed by atoms with Gasteiger partial charge in [-0.2, -0.15) is 0 Å². The van der Waals surface area contributed by atoms with Gasteiger partial charge in [0.25, 0.3) is 0 Å². The van der Waals surface area contributed by atoms with E-state index in [0.717, 1.165) is 51.4 Å². The fraction of sp³-hybridized carbons (Fsp3) is 0.875. The summed E-state index contributed by atoms with van der Waals surface area (Å²) in [6.07, 6.45) is 7.66. The molecule has 0 N–H and O–H groups in total. The quantitative estimate of drug-likeness (QED) is 0.369. The molecule has 1 fully saturated rings. The molecule has 0 unspecified atom stereocenters. The molecular formula is C16H28O4. The molecule has 116 valence electrons. The molecule has 4 nitrogen and oxygen atoms in total. The average Bonchev–Trinajstić information content (AvgIpc) is 2.93. The minimum Gasteiger partial charge on any atom is -0.465 e. The van der Waals surface area contributed by atoms with E-state index in [0.29, 0.717) is 13.2 Å². The lowest BCUT2D eigenvalue weighted by Crippen LogP contribution is -2.33. The van der Waals surface area contributed by atoms with Crippen molar-refractivity contribution < 1.29 is 19.1 Å². The lowest BCUT2D eigenvalue weighted by Gasteiger charge is -2.20. The zero-order valence-electron chi connectivity index (χ0n) is 12.9. The van der Waals surface area contributed by atoms with Crippen LogP contribution in [0.15, 0.2) is 0 Å². The normalized spacial score (nSPS) is 15.6. The van der Waals surface area contributed by atoms with Crippen molar-refractivity contribution >= 4 is 11.9 Å². The van der Waals surface area contributed by atoms with Crippen molar-refractivity contribution in [3.63, 3.8) is 0 Å². The Morgan fingerprint density at radius 1 is 0.950 bits per heavy atom. The Balaban J connectivity index is 2.54. The summed E-state index contributed by atoms with van der Waals surface area (Å²) in [6.45, 7) is 4.89. The molecule has 0 radical (unpaired) electrons. The largest absolute Gasteiger partial charge is 0.465 e. The maximum Gasteiger partial charge on any atom is 0.320 e. The van der Waals surface area contributed by atoms with Gasteiger partial charge in [0, 0.05) is 0 Å². The third-order valence-corrected chi connectivity index (χ3v) is 3.86. The van der Waals surface area contributed by atoms with E-state index in [4.69, 9.17) is 9.47 Å². The molecule has 0 aromatic carbocycles. The summed E-state index contributed by atoms with van der Waals surface area (Å²) in [6, 6.07) is 0. The summed E-state index contributed by atoms with van der Waals surface area (Å²) >= 11 is 0. The molecule has 0 bridgehead atoms. The number of unbranched alkanes of at least 4 members (excludes halogenated alkanes) is 2. The third-order valence-electron chi connectivity index (χ3n) is 3.86. The van der Waals surface area contributed by atoms with Crippen LogP contribution in [0, 0.1) is 11.8 Å². The predicted molar refractivity (Wildman–Crippen MR) is 77.2 cm³/mol. The number of carbonyl (C=O) groups is 2. The van der Waals surface area contributed by atoms with E-state index in [1.807, 2.05) is 13.8 Å². The van der Waals surface area contributed by atoms with Gasteiger partial charge in [0.15, 0.2) is 5.92 Å². The van der Waals surface area contributed by atoms with Crippen LogP contribution < -0.4 is 0 Å². The predicted octanol–water partition coefficient (Wildman–Crippen LogP) is 3.48. The molecule has 4 heteroatoms. The first-order valence-electron chi connectivity index (χ1n) is 8.04. The van der Waals surface area contributed by atoms with Crippen molar-refractivity contribution in [2.45, 2.75) is 65.2 Å². The molecule has 0 aliphatic heterocycles. The highest BCUT2D eigenvalue weighted by atomic mass is 16.6. The van der Waals surface area contributed by atoms with Gasteiger partial charge >= 0.3 is 11.9 Å². The fourth-order valence-electron chi connectivity index (χ4n) is 2.59. The maximum absolute atomic E-state index is 12.2. The Hall–Kier alpha value is -1.06. The molecule has 1 aliphatic rings.